The van der Waals surface area contributed by atoms with Crippen molar-refractivity contribution in [2.24, 2.45) is 5.92 Å². The van der Waals surface area contributed by atoms with Crippen LogP contribution >= 0.6 is 0 Å². The third-order valence-electron chi connectivity index (χ3n) is 2.91. The number of carbonyl (C=O) groups excluding carboxylic acids is 1. The molecule has 0 amide bonds. The number of hydrogen-bond acceptors (Lipinski definition) is 3. The van der Waals surface area contributed by atoms with Crippen molar-refractivity contribution in [1.29, 1.82) is 0 Å². The van der Waals surface area contributed by atoms with Gasteiger partial charge in [-0.3, -0.25) is 4.79 Å². The van der Waals surface area contributed by atoms with Crippen molar-refractivity contribution in [1.82, 2.24) is 5.32 Å². The molecule has 0 spiro atoms. The molecule has 3 heteroatoms. The number of nitrogens with one attached hydrogen (secondary N) is 1. The molecule has 1 N–H and O–H groups in total. The summed E-state index contributed by atoms with van der Waals surface area (Å²) in [5.41, 5.74) is 2.40. The second-order valence-corrected chi connectivity index (χ2v) is 4.97. The van der Waals surface area contributed by atoms with E-state index in [9.17, 15) is 4.79 Å². The Hall–Kier alpha value is -1.35. The molecule has 1 unspecified atom stereocenters. The minimum atomic E-state index is -0.149. The van der Waals surface area contributed by atoms with Crippen molar-refractivity contribution >= 4 is 5.97 Å². The summed E-state index contributed by atoms with van der Waals surface area (Å²) in [5.74, 6) is -0.274. The lowest BCUT2D eigenvalue weighted by Crippen LogP contribution is -2.34. The summed E-state index contributed by atoms with van der Waals surface area (Å²) in [5, 5.41) is 3.29. The zero-order chi connectivity index (χ0) is 13.5. The van der Waals surface area contributed by atoms with Crippen LogP contribution in [0.3, 0.4) is 0 Å². The van der Waals surface area contributed by atoms with Crippen molar-refractivity contribution in [3.63, 3.8) is 0 Å². The van der Waals surface area contributed by atoms with Crippen LogP contribution in [-0.2, 0) is 16.0 Å². The molecule has 0 saturated heterocycles. The van der Waals surface area contributed by atoms with Gasteiger partial charge in [-0.1, -0.05) is 43.7 Å². The molecule has 0 heterocycles. The molecule has 0 aliphatic carbocycles. The second kappa shape index (κ2) is 7.17. The van der Waals surface area contributed by atoms with Crippen LogP contribution in [0.1, 0.15) is 25.0 Å². The molecule has 1 rings (SSSR count). The van der Waals surface area contributed by atoms with E-state index in [-0.39, 0.29) is 11.9 Å². The Bertz CT molecular complexity index is 371. The van der Waals surface area contributed by atoms with E-state index in [1.54, 1.807) is 0 Å². The highest BCUT2D eigenvalue weighted by molar-refractivity contribution is 5.73. The average molecular weight is 249 g/mol. The molecule has 0 radical (unpaired) electrons. The number of aryl methyl sites for hydroxylation is 1. The molecule has 0 aliphatic heterocycles. The summed E-state index contributed by atoms with van der Waals surface area (Å²) < 4.78 is 4.86. The summed E-state index contributed by atoms with van der Waals surface area (Å²) in [4.78, 5) is 11.7. The fourth-order valence-electron chi connectivity index (χ4n) is 1.79. The van der Waals surface area contributed by atoms with Gasteiger partial charge in [0.25, 0.3) is 0 Å². The number of carbonyl (C=O) groups is 1. The predicted octanol–water partition coefficient (Wildman–Crippen LogP) is 2.32. The Morgan fingerprint density at radius 2 is 1.89 bits per heavy atom. The molecule has 0 aliphatic rings. The van der Waals surface area contributed by atoms with E-state index < -0.39 is 0 Å². The fourth-order valence-corrected chi connectivity index (χ4v) is 1.79. The highest BCUT2D eigenvalue weighted by Crippen LogP contribution is 2.11. The fraction of sp³-hybridized carbons (Fsp3) is 0.533. The van der Waals surface area contributed by atoms with Gasteiger partial charge in [0.15, 0.2) is 0 Å². The van der Waals surface area contributed by atoms with Crippen LogP contribution in [0.4, 0.5) is 0 Å². The molecular weight excluding hydrogens is 226 g/mol. The van der Waals surface area contributed by atoms with Crippen molar-refractivity contribution in [2.75, 3.05) is 13.7 Å². The summed E-state index contributed by atoms with van der Waals surface area (Å²) in [6, 6.07) is 8.65. The molecule has 0 aromatic heterocycles. The number of benzene rings is 1. The van der Waals surface area contributed by atoms with Gasteiger partial charge in [-0.15, -0.1) is 0 Å². The normalized spacial score (nSPS) is 12.5. The molecule has 1 atom stereocenters. The standard InChI is InChI=1S/C15H23NO2/c1-11(2)16-10-14(15(17)18-4)9-13-7-5-12(3)6-8-13/h5-8,11,14,16H,9-10H2,1-4H3. The first kappa shape index (κ1) is 14.7. The monoisotopic (exact) mass is 249 g/mol. The number of esters is 1. The van der Waals surface area contributed by atoms with Crippen molar-refractivity contribution in [2.45, 2.75) is 33.2 Å². The molecule has 0 fully saturated rings. The van der Waals surface area contributed by atoms with Gasteiger partial charge in [-0.05, 0) is 18.9 Å². The van der Waals surface area contributed by atoms with Crippen LogP contribution in [0.25, 0.3) is 0 Å². The van der Waals surface area contributed by atoms with Crippen LogP contribution in [-0.4, -0.2) is 25.7 Å². The summed E-state index contributed by atoms with van der Waals surface area (Å²) >= 11 is 0. The van der Waals surface area contributed by atoms with E-state index in [2.05, 4.69) is 50.4 Å². The first-order valence-electron chi connectivity index (χ1n) is 6.39. The van der Waals surface area contributed by atoms with E-state index in [4.69, 9.17) is 4.74 Å². The van der Waals surface area contributed by atoms with Gasteiger partial charge in [0.1, 0.15) is 0 Å². The van der Waals surface area contributed by atoms with E-state index in [1.165, 1.54) is 18.2 Å². The number of rotatable bonds is 6. The van der Waals surface area contributed by atoms with Crippen molar-refractivity contribution < 1.29 is 9.53 Å². The Morgan fingerprint density at radius 3 is 2.39 bits per heavy atom. The first-order chi connectivity index (χ1) is 8.52. The molecular formula is C15H23NO2. The lowest BCUT2D eigenvalue weighted by molar-refractivity contribution is -0.145. The number of hydrogen-bond donors (Lipinski definition) is 1. The third kappa shape index (κ3) is 4.88. The smallest absolute Gasteiger partial charge is 0.310 e. The van der Waals surface area contributed by atoms with E-state index in [0.717, 1.165) is 0 Å². The largest absolute Gasteiger partial charge is 0.469 e. The van der Waals surface area contributed by atoms with Gasteiger partial charge >= 0.3 is 5.97 Å². The molecule has 1 aromatic rings. The van der Waals surface area contributed by atoms with Gasteiger partial charge in [0.05, 0.1) is 13.0 Å². The lowest BCUT2D eigenvalue weighted by Gasteiger charge is -2.17. The summed E-state index contributed by atoms with van der Waals surface area (Å²) in [6.45, 7) is 6.85. The quantitative estimate of drug-likeness (QED) is 0.786. The Morgan fingerprint density at radius 1 is 1.28 bits per heavy atom. The minimum Gasteiger partial charge on any atom is -0.469 e. The van der Waals surface area contributed by atoms with Crippen LogP contribution in [0.5, 0.6) is 0 Å². The summed E-state index contributed by atoms with van der Waals surface area (Å²) in [7, 11) is 1.44. The molecule has 3 nitrogen and oxygen atoms in total. The molecule has 0 saturated carbocycles. The summed E-state index contributed by atoms with van der Waals surface area (Å²) in [6.07, 6.45) is 0.715. The van der Waals surface area contributed by atoms with Crippen LogP contribution < -0.4 is 5.32 Å². The van der Waals surface area contributed by atoms with Gasteiger partial charge < -0.3 is 10.1 Å². The second-order valence-electron chi connectivity index (χ2n) is 4.97. The first-order valence-corrected chi connectivity index (χ1v) is 6.39. The number of ether oxygens (including phenoxy) is 1. The zero-order valence-electron chi connectivity index (χ0n) is 11.7. The van der Waals surface area contributed by atoms with E-state index in [1.807, 2.05) is 0 Å². The van der Waals surface area contributed by atoms with Crippen molar-refractivity contribution in [3.05, 3.63) is 35.4 Å². The van der Waals surface area contributed by atoms with Crippen LogP contribution in [0.15, 0.2) is 24.3 Å². The maximum absolute atomic E-state index is 11.7. The lowest BCUT2D eigenvalue weighted by atomic mass is 9.98. The van der Waals surface area contributed by atoms with E-state index in [0.29, 0.717) is 19.0 Å². The van der Waals surface area contributed by atoms with Crippen LogP contribution in [0, 0.1) is 12.8 Å². The molecule has 100 valence electrons. The molecule has 18 heavy (non-hydrogen) atoms. The van der Waals surface area contributed by atoms with Gasteiger partial charge in [0, 0.05) is 12.6 Å². The number of methoxy groups -OCH3 is 1. The third-order valence-corrected chi connectivity index (χ3v) is 2.91. The SMILES string of the molecule is COC(=O)C(CNC(C)C)Cc1ccc(C)cc1. The average Bonchev–Trinajstić information content (AvgIpc) is 2.35. The van der Waals surface area contributed by atoms with Gasteiger partial charge in [0.2, 0.25) is 0 Å². The van der Waals surface area contributed by atoms with E-state index >= 15 is 0 Å². The highest BCUT2D eigenvalue weighted by Gasteiger charge is 2.19. The predicted molar refractivity (Wildman–Crippen MR) is 73.5 cm³/mol. The van der Waals surface area contributed by atoms with Crippen molar-refractivity contribution in [3.8, 4) is 0 Å². The maximum Gasteiger partial charge on any atom is 0.310 e. The Balaban J connectivity index is 2.65. The Labute approximate surface area is 110 Å². The maximum atomic E-state index is 11.7. The Kier molecular flexibility index (Phi) is 5.86. The van der Waals surface area contributed by atoms with Gasteiger partial charge in [-0.25, -0.2) is 0 Å². The zero-order valence-corrected chi connectivity index (χ0v) is 11.7. The molecule has 1 aromatic carbocycles. The topological polar surface area (TPSA) is 38.3 Å². The van der Waals surface area contributed by atoms with Gasteiger partial charge in [-0.2, -0.15) is 0 Å². The van der Waals surface area contributed by atoms with Crippen LogP contribution in [0.2, 0.25) is 0 Å². The highest BCUT2D eigenvalue weighted by atomic mass is 16.5. The minimum absolute atomic E-state index is 0.125. The molecule has 0 bridgehead atoms.